The molecule has 3 rings (SSSR count). The summed E-state index contributed by atoms with van der Waals surface area (Å²) in [6.07, 6.45) is 6.89. The molecule has 0 spiro atoms. The zero-order valence-electron chi connectivity index (χ0n) is 12.5. The molecule has 0 aliphatic carbocycles. The Labute approximate surface area is 121 Å². The van der Waals surface area contributed by atoms with Crippen molar-refractivity contribution in [3.8, 4) is 6.07 Å². The van der Waals surface area contributed by atoms with E-state index in [4.69, 9.17) is 0 Å². The molecular formula is C17H23N3. The number of fused-ring (bicyclic) bond motifs is 2. The largest absolute Gasteiger partial charge is 0.368 e. The molecule has 2 aliphatic rings. The third kappa shape index (κ3) is 2.29. The lowest BCUT2D eigenvalue weighted by Gasteiger charge is -2.40. The van der Waals surface area contributed by atoms with Crippen LogP contribution in [0.4, 0.5) is 5.69 Å². The first kappa shape index (κ1) is 13.5. The van der Waals surface area contributed by atoms with Crippen LogP contribution in [0.2, 0.25) is 0 Å². The average molecular weight is 269 g/mol. The highest BCUT2D eigenvalue weighted by Gasteiger charge is 2.29. The number of hydrogen-bond acceptors (Lipinski definition) is 3. The minimum Gasteiger partial charge on any atom is -0.368 e. The smallest absolute Gasteiger partial charge is 0.102 e. The molecule has 0 aromatic heterocycles. The number of nitrogens with one attached hydrogen (secondary N) is 1. The Balaban J connectivity index is 2.01. The monoisotopic (exact) mass is 269 g/mol. The molecule has 1 saturated heterocycles. The summed E-state index contributed by atoms with van der Waals surface area (Å²) in [6, 6.07) is 4.55. The Hall–Kier alpha value is -1.53. The Morgan fingerprint density at radius 3 is 2.80 bits per heavy atom. The summed E-state index contributed by atoms with van der Waals surface area (Å²) >= 11 is 0. The quantitative estimate of drug-likeness (QED) is 0.780. The van der Waals surface area contributed by atoms with Crippen LogP contribution in [0.5, 0.6) is 0 Å². The maximum Gasteiger partial charge on any atom is 0.102 e. The molecule has 3 heteroatoms. The lowest BCUT2D eigenvalue weighted by Crippen LogP contribution is -2.45. The highest BCUT2D eigenvalue weighted by molar-refractivity contribution is 5.68. The van der Waals surface area contributed by atoms with E-state index in [9.17, 15) is 5.26 Å². The van der Waals surface area contributed by atoms with Gasteiger partial charge in [0.1, 0.15) is 6.07 Å². The van der Waals surface area contributed by atoms with Gasteiger partial charge in [0.2, 0.25) is 0 Å². The SMILES string of the molecule is Cc1cc(C)c2c(c1C#N)NC1CCCCCCN1C2. The van der Waals surface area contributed by atoms with Crippen molar-refractivity contribution in [2.24, 2.45) is 0 Å². The van der Waals surface area contributed by atoms with Gasteiger partial charge in [-0.2, -0.15) is 5.26 Å². The maximum atomic E-state index is 9.46. The van der Waals surface area contributed by atoms with Gasteiger partial charge < -0.3 is 5.32 Å². The summed E-state index contributed by atoms with van der Waals surface area (Å²) in [6.45, 7) is 6.37. The van der Waals surface area contributed by atoms with Gasteiger partial charge in [0.25, 0.3) is 0 Å². The highest BCUT2D eigenvalue weighted by Crippen LogP contribution is 2.35. The van der Waals surface area contributed by atoms with Gasteiger partial charge in [-0.1, -0.05) is 25.3 Å². The van der Waals surface area contributed by atoms with Crippen molar-refractivity contribution in [3.05, 3.63) is 28.3 Å². The number of anilines is 1. The van der Waals surface area contributed by atoms with E-state index in [0.717, 1.165) is 23.4 Å². The first-order chi connectivity index (χ1) is 9.70. The van der Waals surface area contributed by atoms with Crippen LogP contribution in [0.25, 0.3) is 0 Å². The van der Waals surface area contributed by atoms with Crippen molar-refractivity contribution >= 4 is 5.69 Å². The molecule has 1 aromatic carbocycles. The predicted octanol–water partition coefficient (Wildman–Crippen LogP) is 3.69. The van der Waals surface area contributed by atoms with Crippen LogP contribution < -0.4 is 5.32 Å². The molecule has 1 atom stereocenters. The molecule has 1 fully saturated rings. The number of benzene rings is 1. The number of nitriles is 1. The molecular weight excluding hydrogens is 246 g/mol. The molecule has 1 aromatic rings. The van der Waals surface area contributed by atoms with Crippen LogP contribution in [0.15, 0.2) is 6.07 Å². The molecule has 0 bridgehead atoms. The van der Waals surface area contributed by atoms with Crippen LogP contribution >= 0.6 is 0 Å². The Bertz CT molecular complexity index is 556. The predicted molar refractivity (Wildman–Crippen MR) is 81.5 cm³/mol. The summed E-state index contributed by atoms with van der Waals surface area (Å²) in [5, 5.41) is 13.1. The topological polar surface area (TPSA) is 39.1 Å². The van der Waals surface area contributed by atoms with Crippen LogP contribution in [-0.4, -0.2) is 17.6 Å². The van der Waals surface area contributed by atoms with E-state index in [1.165, 1.54) is 49.8 Å². The van der Waals surface area contributed by atoms with Crippen molar-refractivity contribution in [3.63, 3.8) is 0 Å². The Morgan fingerprint density at radius 2 is 2.00 bits per heavy atom. The fraction of sp³-hybridized carbons (Fsp3) is 0.588. The first-order valence-corrected chi connectivity index (χ1v) is 7.74. The van der Waals surface area contributed by atoms with E-state index in [1.54, 1.807) is 0 Å². The maximum absolute atomic E-state index is 9.46. The minimum atomic E-state index is 0.413. The van der Waals surface area contributed by atoms with Crippen molar-refractivity contribution in [1.29, 1.82) is 5.26 Å². The standard InChI is InChI=1S/C17H23N3/c1-12-9-13(2)15-11-20-8-6-4-3-5-7-16(20)19-17(15)14(12)10-18/h9,16,19H,3-8,11H2,1-2H3. The summed E-state index contributed by atoms with van der Waals surface area (Å²) < 4.78 is 0. The van der Waals surface area contributed by atoms with E-state index in [-0.39, 0.29) is 0 Å². The molecule has 0 amide bonds. The summed E-state index contributed by atoms with van der Waals surface area (Å²) in [7, 11) is 0. The second kappa shape index (κ2) is 5.46. The molecule has 1 N–H and O–H groups in total. The second-order valence-electron chi connectivity index (χ2n) is 6.18. The molecule has 20 heavy (non-hydrogen) atoms. The van der Waals surface area contributed by atoms with E-state index in [1.807, 2.05) is 6.92 Å². The van der Waals surface area contributed by atoms with Crippen LogP contribution in [-0.2, 0) is 6.54 Å². The van der Waals surface area contributed by atoms with Crippen LogP contribution in [0.1, 0.15) is 54.4 Å². The van der Waals surface area contributed by atoms with E-state index >= 15 is 0 Å². The zero-order chi connectivity index (χ0) is 14.1. The number of hydrogen-bond donors (Lipinski definition) is 1. The molecule has 3 nitrogen and oxygen atoms in total. The number of rotatable bonds is 0. The molecule has 0 saturated carbocycles. The molecule has 1 unspecified atom stereocenters. The lowest BCUT2D eigenvalue weighted by atomic mass is 9.93. The van der Waals surface area contributed by atoms with Gasteiger partial charge in [0, 0.05) is 13.1 Å². The third-order valence-corrected chi connectivity index (χ3v) is 4.75. The highest BCUT2D eigenvalue weighted by atomic mass is 15.3. The normalized spacial score (nSPS) is 22.8. The van der Waals surface area contributed by atoms with Crippen molar-refractivity contribution < 1.29 is 0 Å². The van der Waals surface area contributed by atoms with E-state index in [2.05, 4.69) is 29.3 Å². The average Bonchev–Trinajstić information content (AvgIpc) is 2.39. The van der Waals surface area contributed by atoms with Crippen LogP contribution in [0.3, 0.4) is 0 Å². The van der Waals surface area contributed by atoms with Crippen molar-refractivity contribution in [2.75, 3.05) is 11.9 Å². The fourth-order valence-corrected chi connectivity index (χ4v) is 3.60. The van der Waals surface area contributed by atoms with E-state index < -0.39 is 0 Å². The third-order valence-electron chi connectivity index (χ3n) is 4.75. The summed E-state index contributed by atoms with van der Waals surface area (Å²) in [4.78, 5) is 2.56. The van der Waals surface area contributed by atoms with Gasteiger partial charge in [0.05, 0.1) is 17.4 Å². The number of nitrogens with zero attached hydrogens (tertiary/aromatic N) is 2. The Morgan fingerprint density at radius 1 is 1.20 bits per heavy atom. The number of aryl methyl sites for hydroxylation is 2. The van der Waals surface area contributed by atoms with Gasteiger partial charge in [-0.15, -0.1) is 0 Å². The van der Waals surface area contributed by atoms with Gasteiger partial charge in [-0.25, -0.2) is 0 Å². The Kier molecular flexibility index (Phi) is 3.67. The lowest BCUT2D eigenvalue weighted by molar-refractivity contribution is 0.170. The van der Waals surface area contributed by atoms with Gasteiger partial charge in [0.15, 0.2) is 0 Å². The summed E-state index contributed by atoms with van der Waals surface area (Å²) in [5.74, 6) is 0. The molecule has 2 heterocycles. The fourth-order valence-electron chi connectivity index (χ4n) is 3.60. The second-order valence-corrected chi connectivity index (χ2v) is 6.18. The van der Waals surface area contributed by atoms with Gasteiger partial charge >= 0.3 is 0 Å². The van der Waals surface area contributed by atoms with Gasteiger partial charge in [-0.3, -0.25) is 4.90 Å². The van der Waals surface area contributed by atoms with Crippen LogP contribution in [0, 0.1) is 25.2 Å². The minimum absolute atomic E-state index is 0.413. The molecule has 2 aliphatic heterocycles. The first-order valence-electron chi connectivity index (χ1n) is 7.74. The van der Waals surface area contributed by atoms with Gasteiger partial charge in [-0.05, 0) is 43.4 Å². The van der Waals surface area contributed by atoms with Crippen molar-refractivity contribution in [2.45, 2.75) is 58.7 Å². The molecule has 0 radical (unpaired) electrons. The molecule has 106 valence electrons. The van der Waals surface area contributed by atoms with Crippen molar-refractivity contribution in [1.82, 2.24) is 4.90 Å². The van der Waals surface area contributed by atoms with E-state index in [0.29, 0.717) is 6.17 Å². The zero-order valence-corrected chi connectivity index (χ0v) is 12.5. The summed E-state index contributed by atoms with van der Waals surface area (Å²) in [5.41, 5.74) is 5.67.